The topological polar surface area (TPSA) is 69.0 Å². The molecule has 30 heavy (non-hydrogen) atoms. The van der Waals surface area contributed by atoms with Crippen molar-refractivity contribution in [2.24, 2.45) is 0 Å². The van der Waals surface area contributed by atoms with Gasteiger partial charge in [-0.2, -0.15) is 0 Å². The maximum Gasteiger partial charge on any atom is 0.272 e. The molecular weight excluding hydrogens is 402 g/mol. The first-order valence-electron chi connectivity index (χ1n) is 9.19. The van der Waals surface area contributed by atoms with Crippen LogP contribution in [0.2, 0.25) is 0 Å². The Bertz CT molecular complexity index is 1090. The summed E-state index contributed by atoms with van der Waals surface area (Å²) in [4.78, 5) is 28.2. The highest BCUT2D eigenvalue weighted by Gasteiger charge is 2.40. The Labute approximate surface area is 178 Å². The molecule has 0 N–H and O–H groups in total. The van der Waals surface area contributed by atoms with Crippen LogP contribution < -0.4 is 14.4 Å². The van der Waals surface area contributed by atoms with Crippen LogP contribution in [0.5, 0.6) is 11.5 Å². The van der Waals surface area contributed by atoms with Gasteiger partial charge in [-0.1, -0.05) is 12.1 Å². The third-order valence-electron chi connectivity index (χ3n) is 4.69. The number of imide groups is 1. The van der Waals surface area contributed by atoms with Gasteiger partial charge in [-0.25, -0.2) is 4.90 Å². The molecular formula is C23H19NO5S. The van der Waals surface area contributed by atoms with Gasteiger partial charge in [0.1, 0.15) is 17.3 Å². The summed E-state index contributed by atoms with van der Waals surface area (Å²) >= 11 is 1.29. The van der Waals surface area contributed by atoms with Crippen molar-refractivity contribution >= 4 is 34.8 Å². The minimum absolute atomic E-state index is 0.354. The molecule has 4 rings (SSSR count). The molecule has 0 spiro atoms. The zero-order valence-corrected chi connectivity index (χ0v) is 17.3. The summed E-state index contributed by atoms with van der Waals surface area (Å²) in [5.41, 5.74) is 1.52. The van der Waals surface area contributed by atoms with Crippen molar-refractivity contribution in [3.63, 3.8) is 0 Å². The fraction of sp³-hybridized carbons (Fsp3) is 0.130. The van der Waals surface area contributed by atoms with Gasteiger partial charge in [0.15, 0.2) is 0 Å². The Balaban J connectivity index is 1.72. The number of hydrogen-bond donors (Lipinski definition) is 0. The van der Waals surface area contributed by atoms with Gasteiger partial charge in [0.2, 0.25) is 0 Å². The number of nitrogens with zero attached hydrogens (tertiary/aromatic N) is 1. The molecule has 2 heterocycles. The van der Waals surface area contributed by atoms with Gasteiger partial charge in [-0.05, 0) is 54.1 Å². The Kier molecular flexibility index (Phi) is 5.63. The van der Waals surface area contributed by atoms with Gasteiger partial charge in [-0.15, -0.1) is 11.8 Å². The lowest BCUT2D eigenvalue weighted by Crippen LogP contribution is -2.31. The van der Waals surface area contributed by atoms with Crippen LogP contribution in [0.25, 0.3) is 5.57 Å². The molecule has 3 aromatic rings. The molecule has 0 saturated carbocycles. The van der Waals surface area contributed by atoms with Crippen molar-refractivity contribution in [2.45, 2.75) is 5.75 Å². The largest absolute Gasteiger partial charge is 0.497 e. The Morgan fingerprint density at radius 3 is 2.07 bits per heavy atom. The normalized spacial score (nSPS) is 13.9. The number of ether oxygens (including phenoxy) is 2. The number of rotatable bonds is 7. The summed E-state index contributed by atoms with van der Waals surface area (Å²) < 4.78 is 15.8. The summed E-state index contributed by atoms with van der Waals surface area (Å²) in [6.45, 7) is 0. The lowest BCUT2D eigenvalue weighted by molar-refractivity contribution is -0.119. The smallest absolute Gasteiger partial charge is 0.272 e. The van der Waals surface area contributed by atoms with Crippen molar-refractivity contribution in [1.29, 1.82) is 0 Å². The number of carbonyl (C=O) groups excluding carboxylic acids is 2. The van der Waals surface area contributed by atoms with E-state index < -0.39 is 0 Å². The molecule has 0 aliphatic carbocycles. The van der Waals surface area contributed by atoms with Crippen molar-refractivity contribution in [3.8, 4) is 11.5 Å². The third-order valence-corrected chi connectivity index (χ3v) is 5.79. The number of anilines is 1. The number of benzene rings is 2. The number of amides is 2. The third kappa shape index (κ3) is 3.71. The minimum atomic E-state index is -0.364. The lowest BCUT2D eigenvalue weighted by atomic mass is 10.1. The van der Waals surface area contributed by atoms with E-state index in [-0.39, 0.29) is 11.8 Å². The van der Waals surface area contributed by atoms with Gasteiger partial charge >= 0.3 is 0 Å². The van der Waals surface area contributed by atoms with E-state index >= 15 is 0 Å². The molecule has 2 amide bonds. The SMILES string of the molecule is COc1ccc(C2=C(SCc3ccco3)C(=O)N(c3ccc(OC)cc3)C2=O)cc1. The second-order valence-electron chi connectivity index (χ2n) is 6.44. The lowest BCUT2D eigenvalue weighted by Gasteiger charge is -2.15. The van der Waals surface area contributed by atoms with Gasteiger partial charge in [0.05, 0.1) is 42.4 Å². The first-order valence-corrected chi connectivity index (χ1v) is 10.2. The molecule has 1 aliphatic heterocycles. The van der Waals surface area contributed by atoms with Crippen molar-refractivity contribution < 1.29 is 23.5 Å². The van der Waals surface area contributed by atoms with Gasteiger partial charge in [0, 0.05) is 0 Å². The summed E-state index contributed by atoms with van der Waals surface area (Å²) in [7, 11) is 3.14. The molecule has 0 atom stereocenters. The number of methoxy groups -OCH3 is 2. The van der Waals surface area contributed by atoms with Gasteiger partial charge < -0.3 is 13.9 Å². The predicted octanol–water partition coefficient (Wildman–Crippen LogP) is 4.51. The molecule has 6 nitrogen and oxygen atoms in total. The quantitative estimate of drug-likeness (QED) is 0.523. The number of thioether (sulfide) groups is 1. The van der Waals surface area contributed by atoms with Crippen LogP contribution in [-0.2, 0) is 15.3 Å². The number of hydrogen-bond acceptors (Lipinski definition) is 6. The first kappa shape index (κ1) is 19.8. The van der Waals surface area contributed by atoms with E-state index in [1.54, 1.807) is 75.1 Å². The number of carbonyl (C=O) groups is 2. The van der Waals surface area contributed by atoms with Gasteiger partial charge in [-0.3, -0.25) is 9.59 Å². The van der Waals surface area contributed by atoms with Gasteiger partial charge in [0.25, 0.3) is 11.8 Å². The van der Waals surface area contributed by atoms with Crippen molar-refractivity contribution in [1.82, 2.24) is 0 Å². The molecule has 0 radical (unpaired) electrons. The maximum absolute atomic E-state index is 13.3. The molecule has 0 fully saturated rings. The second kappa shape index (κ2) is 8.51. The van der Waals surface area contributed by atoms with E-state index in [0.717, 1.165) is 5.76 Å². The molecule has 0 bridgehead atoms. The molecule has 0 saturated heterocycles. The fourth-order valence-corrected chi connectivity index (χ4v) is 4.17. The van der Waals surface area contributed by atoms with Crippen molar-refractivity contribution in [3.05, 3.63) is 83.2 Å². The van der Waals surface area contributed by atoms with Crippen LogP contribution in [0.4, 0.5) is 5.69 Å². The minimum Gasteiger partial charge on any atom is -0.497 e. The van der Waals surface area contributed by atoms with Crippen LogP contribution in [-0.4, -0.2) is 26.0 Å². The first-order chi connectivity index (χ1) is 14.6. The standard InChI is InChI=1S/C23H19NO5S/c1-27-17-9-5-15(6-10-17)20-21(30-14-19-4-3-13-29-19)23(26)24(22(20)25)16-7-11-18(28-2)12-8-16/h3-13H,14H2,1-2H3. The summed E-state index contributed by atoms with van der Waals surface area (Å²) in [5, 5.41) is 0. The van der Waals surface area contributed by atoms with Crippen LogP contribution in [0.3, 0.4) is 0 Å². The van der Waals surface area contributed by atoms with E-state index in [0.29, 0.717) is 39.0 Å². The Morgan fingerprint density at radius 1 is 0.867 bits per heavy atom. The Hall–Kier alpha value is -3.45. The highest BCUT2D eigenvalue weighted by atomic mass is 32.2. The monoisotopic (exact) mass is 421 g/mol. The number of furan rings is 1. The average Bonchev–Trinajstić information content (AvgIpc) is 3.38. The summed E-state index contributed by atoms with van der Waals surface area (Å²) in [6, 6.07) is 17.6. The van der Waals surface area contributed by atoms with E-state index in [1.165, 1.54) is 16.7 Å². The zero-order valence-electron chi connectivity index (χ0n) is 16.5. The molecule has 7 heteroatoms. The van der Waals surface area contributed by atoms with E-state index in [2.05, 4.69) is 0 Å². The molecule has 0 unspecified atom stereocenters. The van der Waals surface area contributed by atoms with E-state index in [4.69, 9.17) is 13.9 Å². The summed E-state index contributed by atoms with van der Waals surface area (Å²) in [6.07, 6.45) is 1.58. The van der Waals surface area contributed by atoms with E-state index in [9.17, 15) is 9.59 Å². The fourth-order valence-electron chi connectivity index (χ4n) is 3.16. The van der Waals surface area contributed by atoms with Crippen molar-refractivity contribution in [2.75, 3.05) is 19.1 Å². The average molecular weight is 421 g/mol. The zero-order chi connectivity index (χ0) is 21.1. The molecule has 1 aliphatic rings. The molecule has 2 aromatic carbocycles. The van der Waals surface area contributed by atoms with E-state index in [1.807, 2.05) is 6.07 Å². The highest BCUT2D eigenvalue weighted by molar-refractivity contribution is 8.03. The summed E-state index contributed by atoms with van der Waals surface area (Å²) in [5.74, 6) is 1.77. The molecule has 1 aromatic heterocycles. The predicted molar refractivity (Wildman–Crippen MR) is 115 cm³/mol. The van der Waals surface area contributed by atoms with Crippen LogP contribution in [0.15, 0.2) is 76.2 Å². The highest BCUT2D eigenvalue weighted by Crippen LogP contribution is 2.40. The van der Waals surface area contributed by atoms with Crippen LogP contribution in [0, 0.1) is 0 Å². The van der Waals surface area contributed by atoms with Crippen LogP contribution in [0.1, 0.15) is 11.3 Å². The Morgan fingerprint density at radius 2 is 1.50 bits per heavy atom. The van der Waals surface area contributed by atoms with Crippen LogP contribution >= 0.6 is 11.8 Å². The maximum atomic E-state index is 13.3. The molecule has 152 valence electrons. The second-order valence-corrected chi connectivity index (χ2v) is 7.43.